The van der Waals surface area contributed by atoms with Gasteiger partial charge in [-0.15, -0.1) is 0 Å². The fraction of sp³-hybridized carbons (Fsp3) is 0.368. The van der Waals surface area contributed by atoms with E-state index in [1.807, 2.05) is 11.0 Å². The van der Waals surface area contributed by atoms with Crippen LogP contribution in [0.4, 0.5) is 10.1 Å². The zero-order chi connectivity index (χ0) is 19.3. The minimum atomic E-state index is -3.39. The average Bonchev–Trinajstić information content (AvgIpc) is 2.64. The van der Waals surface area contributed by atoms with Crippen LogP contribution in [0.25, 0.3) is 0 Å². The summed E-state index contributed by atoms with van der Waals surface area (Å²) in [5, 5.41) is 0.582. The van der Waals surface area contributed by atoms with Crippen LogP contribution >= 0.6 is 11.6 Å². The molecular weight excluding hydrogens is 389 g/mol. The van der Waals surface area contributed by atoms with E-state index in [-0.39, 0.29) is 11.6 Å². The molecule has 5 nitrogen and oxygen atoms in total. The lowest BCUT2D eigenvalue weighted by Gasteiger charge is -2.36. The third-order valence-electron chi connectivity index (χ3n) is 4.59. The standard InChI is InChI=1S/C19H23ClFN3O2S/c20-17-7-5-16(6-8-17)15-27(25,26)22-9-10-23-11-13-24(14-12-23)19-4-2-1-3-18(19)21/h1-8,22H,9-15H2. The second-order valence-corrected chi connectivity index (χ2v) is 8.80. The largest absolute Gasteiger partial charge is 0.367 e. The molecule has 1 aliphatic rings. The Morgan fingerprint density at radius 2 is 1.67 bits per heavy atom. The first-order chi connectivity index (χ1) is 12.9. The van der Waals surface area contributed by atoms with E-state index in [9.17, 15) is 12.8 Å². The van der Waals surface area contributed by atoms with Crippen molar-refractivity contribution in [3.63, 3.8) is 0 Å². The van der Waals surface area contributed by atoms with Gasteiger partial charge in [0.05, 0.1) is 11.4 Å². The smallest absolute Gasteiger partial charge is 0.215 e. The minimum absolute atomic E-state index is 0.0643. The summed E-state index contributed by atoms with van der Waals surface area (Å²) in [4.78, 5) is 4.21. The van der Waals surface area contributed by atoms with Gasteiger partial charge in [0, 0.05) is 44.3 Å². The van der Waals surface area contributed by atoms with Crippen LogP contribution in [-0.2, 0) is 15.8 Å². The van der Waals surface area contributed by atoms with Gasteiger partial charge in [-0.05, 0) is 29.8 Å². The third-order valence-corrected chi connectivity index (χ3v) is 6.19. The van der Waals surface area contributed by atoms with Crippen LogP contribution in [-0.4, -0.2) is 52.6 Å². The van der Waals surface area contributed by atoms with Crippen molar-refractivity contribution < 1.29 is 12.8 Å². The van der Waals surface area contributed by atoms with Crippen molar-refractivity contribution in [2.24, 2.45) is 0 Å². The highest BCUT2D eigenvalue weighted by molar-refractivity contribution is 7.88. The predicted molar refractivity (Wildman–Crippen MR) is 107 cm³/mol. The molecule has 1 fully saturated rings. The van der Waals surface area contributed by atoms with Gasteiger partial charge in [-0.25, -0.2) is 17.5 Å². The first-order valence-corrected chi connectivity index (χ1v) is 10.9. The van der Waals surface area contributed by atoms with Crippen molar-refractivity contribution in [3.8, 4) is 0 Å². The van der Waals surface area contributed by atoms with E-state index in [0.29, 0.717) is 29.4 Å². The maximum absolute atomic E-state index is 13.9. The second-order valence-electron chi connectivity index (χ2n) is 6.56. The van der Waals surface area contributed by atoms with E-state index in [2.05, 4.69) is 9.62 Å². The van der Waals surface area contributed by atoms with Crippen LogP contribution in [0, 0.1) is 5.82 Å². The summed E-state index contributed by atoms with van der Waals surface area (Å²) >= 11 is 5.82. The zero-order valence-electron chi connectivity index (χ0n) is 14.9. The molecule has 0 aromatic heterocycles. The maximum Gasteiger partial charge on any atom is 0.215 e. The lowest BCUT2D eigenvalue weighted by Crippen LogP contribution is -2.48. The molecule has 2 aromatic carbocycles. The van der Waals surface area contributed by atoms with Crippen molar-refractivity contribution in [1.29, 1.82) is 0 Å². The first-order valence-electron chi connectivity index (χ1n) is 8.86. The average molecular weight is 412 g/mol. The lowest BCUT2D eigenvalue weighted by molar-refractivity contribution is 0.261. The lowest BCUT2D eigenvalue weighted by atomic mass is 10.2. The summed E-state index contributed by atoms with van der Waals surface area (Å²) in [6.07, 6.45) is 0. The number of hydrogen-bond donors (Lipinski definition) is 1. The number of halogens is 2. The summed E-state index contributed by atoms with van der Waals surface area (Å²) in [5.41, 5.74) is 1.33. The summed E-state index contributed by atoms with van der Waals surface area (Å²) in [6, 6.07) is 13.6. The number of benzene rings is 2. The highest BCUT2D eigenvalue weighted by Crippen LogP contribution is 2.20. The van der Waals surface area contributed by atoms with Gasteiger partial charge < -0.3 is 4.90 Å². The molecule has 0 unspecified atom stereocenters. The van der Waals surface area contributed by atoms with Gasteiger partial charge in [0.2, 0.25) is 10.0 Å². The summed E-state index contributed by atoms with van der Waals surface area (Å²) in [7, 11) is -3.39. The molecule has 0 amide bonds. The fourth-order valence-electron chi connectivity index (χ4n) is 3.13. The number of piperazine rings is 1. The molecule has 0 aliphatic carbocycles. The normalized spacial score (nSPS) is 15.9. The quantitative estimate of drug-likeness (QED) is 0.761. The highest BCUT2D eigenvalue weighted by Gasteiger charge is 2.19. The number of nitrogens with zero attached hydrogens (tertiary/aromatic N) is 2. The van der Waals surface area contributed by atoms with Gasteiger partial charge in [-0.2, -0.15) is 0 Å². The molecule has 1 N–H and O–H groups in total. The van der Waals surface area contributed by atoms with Crippen LogP contribution in [0.5, 0.6) is 0 Å². The maximum atomic E-state index is 13.9. The van der Waals surface area contributed by atoms with Crippen LogP contribution in [0.15, 0.2) is 48.5 Å². The molecule has 0 atom stereocenters. The van der Waals surface area contributed by atoms with E-state index in [4.69, 9.17) is 11.6 Å². The van der Waals surface area contributed by atoms with Crippen molar-refractivity contribution in [3.05, 3.63) is 64.9 Å². The Morgan fingerprint density at radius 3 is 2.33 bits per heavy atom. The van der Waals surface area contributed by atoms with E-state index in [1.54, 1.807) is 36.4 Å². The fourth-order valence-corrected chi connectivity index (χ4v) is 4.39. The van der Waals surface area contributed by atoms with E-state index >= 15 is 0 Å². The molecule has 8 heteroatoms. The molecule has 0 bridgehead atoms. The van der Waals surface area contributed by atoms with Gasteiger partial charge >= 0.3 is 0 Å². The van der Waals surface area contributed by atoms with Gasteiger partial charge in [-0.1, -0.05) is 35.9 Å². The first kappa shape index (κ1) is 20.1. The molecule has 1 saturated heterocycles. The second kappa shape index (κ2) is 9.01. The molecule has 3 rings (SSSR count). The Labute approximate surface area is 164 Å². The van der Waals surface area contributed by atoms with Crippen molar-refractivity contribution in [2.45, 2.75) is 5.75 Å². The number of hydrogen-bond acceptors (Lipinski definition) is 4. The van der Waals surface area contributed by atoms with Crippen LogP contribution in [0.2, 0.25) is 5.02 Å². The molecule has 27 heavy (non-hydrogen) atoms. The van der Waals surface area contributed by atoms with Crippen LogP contribution in [0.1, 0.15) is 5.56 Å². The molecule has 146 valence electrons. The topological polar surface area (TPSA) is 52.7 Å². The summed E-state index contributed by atoms with van der Waals surface area (Å²) in [5.74, 6) is -0.272. The molecular formula is C19H23ClFN3O2S. The van der Waals surface area contributed by atoms with Crippen LogP contribution in [0.3, 0.4) is 0 Å². The van der Waals surface area contributed by atoms with E-state index < -0.39 is 10.0 Å². The van der Waals surface area contributed by atoms with Gasteiger partial charge in [0.25, 0.3) is 0 Å². The Bertz CT molecular complexity index is 854. The summed E-state index contributed by atoms with van der Waals surface area (Å²) < 4.78 is 40.9. The SMILES string of the molecule is O=S(=O)(Cc1ccc(Cl)cc1)NCCN1CCN(c2ccccc2F)CC1. The minimum Gasteiger partial charge on any atom is -0.367 e. The zero-order valence-corrected chi connectivity index (χ0v) is 16.5. The Kier molecular flexibility index (Phi) is 6.70. The summed E-state index contributed by atoms with van der Waals surface area (Å²) in [6.45, 7) is 3.97. The Morgan fingerprint density at radius 1 is 1.00 bits per heavy atom. The van der Waals surface area contributed by atoms with Gasteiger partial charge in [-0.3, -0.25) is 4.90 Å². The monoisotopic (exact) mass is 411 g/mol. The molecule has 2 aromatic rings. The van der Waals surface area contributed by atoms with Crippen molar-refractivity contribution in [1.82, 2.24) is 9.62 Å². The van der Waals surface area contributed by atoms with Gasteiger partial charge in [0.1, 0.15) is 5.82 Å². The molecule has 0 saturated carbocycles. The number of sulfonamides is 1. The van der Waals surface area contributed by atoms with Crippen molar-refractivity contribution >= 4 is 27.3 Å². The Hall–Kier alpha value is -1.67. The number of rotatable bonds is 7. The highest BCUT2D eigenvalue weighted by atomic mass is 35.5. The van der Waals surface area contributed by atoms with E-state index in [0.717, 1.165) is 26.2 Å². The number of anilines is 1. The third kappa shape index (κ3) is 5.90. The van der Waals surface area contributed by atoms with Gasteiger partial charge in [0.15, 0.2) is 0 Å². The predicted octanol–water partition coefficient (Wildman–Crippen LogP) is 2.72. The van der Waals surface area contributed by atoms with Crippen LogP contribution < -0.4 is 9.62 Å². The van der Waals surface area contributed by atoms with Crippen molar-refractivity contribution in [2.75, 3.05) is 44.2 Å². The number of nitrogens with one attached hydrogen (secondary N) is 1. The molecule has 1 aliphatic heterocycles. The Balaban J connectivity index is 1.42. The molecule has 1 heterocycles. The molecule has 0 radical (unpaired) electrons. The number of para-hydroxylation sites is 1. The molecule has 0 spiro atoms. The van der Waals surface area contributed by atoms with E-state index in [1.165, 1.54) is 6.07 Å².